The van der Waals surface area contributed by atoms with Gasteiger partial charge in [0.25, 0.3) is 0 Å². The lowest BCUT2D eigenvalue weighted by molar-refractivity contribution is -0.149. The van der Waals surface area contributed by atoms with E-state index in [9.17, 15) is 18.3 Å². The van der Waals surface area contributed by atoms with Crippen LogP contribution in [-0.2, 0) is 26.2 Å². The van der Waals surface area contributed by atoms with Crippen LogP contribution in [0.1, 0.15) is 12.5 Å². The molecule has 0 aliphatic heterocycles. The van der Waals surface area contributed by atoms with Gasteiger partial charge in [-0.15, -0.1) is 0 Å². The molecule has 0 heterocycles. The molecule has 0 aliphatic rings. The van der Waals surface area contributed by atoms with Crippen LogP contribution in [0.4, 0.5) is 0 Å². The van der Waals surface area contributed by atoms with Gasteiger partial charge >= 0.3 is 5.97 Å². The maximum absolute atomic E-state index is 12.4. The van der Waals surface area contributed by atoms with Crippen LogP contribution in [0.3, 0.4) is 0 Å². The van der Waals surface area contributed by atoms with Crippen molar-refractivity contribution < 1.29 is 23.1 Å². The average molecular weight is 384 g/mol. The van der Waals surface area contributed by atoms with Crippen LogP contribution in [0.25, 0.3) is 0 Å². The van der Waals surface area contributed by atoms with Gasteiger partial charge in [-0.3, -0.25) is 4.79 Å². The number of sulfonamides is 1. The lowest BCUT2D eigenvalue weighted by Gasteiger charge is -2.20. The Bertz CT molecular complexity index is 807. The number of hydrogen-bond donors (Lipinski definition) is 2. The second-order valence-corrected chi connectivity index (χ2v) is 7.54. The zero-order valence-electron chi connectivity index (χ0n) is 13.4. The van der Waals surface area contributed by atoms with Crippen molar-refractivity contribution in [1.29, 1.82) is 0 Å². The van der Waals surface area contributed by atoms with Crippen LogP contribution < -0.4 is 4.72 Å². The number of carbonyl (C=O) groups is 1. The summed E-state index contributed by atoms with van der Waals surface area (Å²) in [7, 11) is -4.02. The van der Waals surface area contributed by atoms with E-state index >= 15 is 0 Å². The highest BCUT2D eigenvalue weighted by Gasteiger charge is 2.30. The summed E-state index contributed by atoms with van der Waals surface area (Å²) in [4.78, 5) is 12.1. The van der Waals surface area contributed by atoms with E-state index in [2.05, 4.69) is 4.72 Å². The highest BCUT2D eigenvalue weighted by Crippen LogP contribution is 2.15. The predicted molar refractivity (Wildman–Crippen MR) is 93.5 cm³/mol. The zero-order valence-corrected chi connectivity index (χ0v) is 15.0. The molecule has 25 heavy (non-hydrogen) atoms. The van der Waals surface area contributed by atoms with Crippen molar-refractivity contribution in [2.45, 2.75) is 30.6 Å². The standard InChI is InChI=1S/C17H18ClNO5S/c1-12(20)16(17(21)24-11-13-5-3-2-4-6-13)19-25(22,23)15-9-7-14(18)8-10-15/h2-10,12,16,19-20H,11H2,1H3/t12-,16+/m1/s1. The van der Waals surface area contributed by atoms with Gasteiger partial charge in [0.2, 0.25) is 10.0 Å². The number of hydrogen-bond acceptors (Lipinski definition) is 5. The first-order valence-electron chi connectivity index (χ1n) is 7.46. The molecular formula is C17H18ClNO5S. The summed E-state index contributed by atoms with van der Waals surface area (Å²) in [5, 5.41) is 10.2. The number of esters is 1. The van der Waals surface area contributed by atoms with Gasteiger partial charge in [0.05, 0.1) is 11.0 Å². The van der Waals surface area contributed by atoms with Crippen LogP contribution >= 0.6 is 11.6 Å². The summed E-state index contributed by atoms with van der Waals surface area (Å²) in [6, 6.07) is 13.0. The van der Waals surface area contributed by atoms with Gasteiger partial charge in [-0.25, -0.2) is 8.42 Å². The highest BCUT2D eigenvalue weighted by atomic mass is 35.5. The fraction of sp³-hybridized carbons (Fsp3) is 0.235. The van der Waals surface area contributed by atoms with Crippen molar-refractivity contribution in [2.24, 2.45) is 0 Å². The Labute approximate surface area is 151 Å². The molecule has 0 aliphatic carbocycles. The van der Waals surface area contributed by atoms with E-state index in [4.69, 9.17) is 16.3 Å². The first-order chi connectivity index (χ1) is 11.8. The number of aliphatic hydroxyl groups excluding tert-OH is 1. The van der Waals surface area contributed by atoms with Crippen molar-refractivity contribution >= 4 is 27.6 Å². The molecule has 0 saturated carbocycles. The van der Waals surface area contributed by atoms with Gasteiger partial charge in [0.15, 0.2) is 0 Å². The molecule has 2 aromatic rings. The van der Waals surface area contributed by atoms with E-state index in [1.807, 2.05) is 6.07 Å². The fourth-order valence-corrected chi connectivity index (χ4v) is 3.39. The van der Waals surface area contributed by atoms with Crippen LogP contribution in [0, 0.1) is 0 Å². The number of nitrogens with one attached hydrogen (secondary N) is 1. The molecule has 0 aromatic heterocycles. The summed E-state index contributed by atoms with van der Waals surface area (Å²) in [6.07, 6.45) is -1.27. The second kappa shape index (κ2) is 8.44. The van der Waals surface area contributed by atoms with E-state index in [0.29, 0.717) is 5.02 Å². The summed E-state index contributed by atoms with van der Waals surface area (Å²) in [5.74, 6) is -0.864. The van der Waals surface area contributed by atoms with Crippen molar-refractivity contribution in [3.05, 3.63) is 65.2 Å². The van der Waals surface area contributed by atoms with E-state index in [-0.39, 0.29) is 11.5 Å². The number of carbonyl (C=O) groups excluding carboxylic acids is 1. The second-order valence-electron chi connectivity index (χ2n) is 5.39. The average Bonchev–Trinajstić information content (AvgIpc) is 2.58. The minimum absolute atomic E-state index is 0.0223. The van der Waals surface area contributed by atoms with E-state index in [1.54, 1.807) is 24.3 Å². The molecule has 0 amide bonds. The smallest absolute Gasteiger partial charge is 0.327 e. The monoisotopic (exact) mass is 383 g/mol. The van der Waals surface area contributed by atoms with E-state index in [1.165, 1.54) is 31.2 Å². The molecule has 8 heteroatoms. The normalized spacial score (nSPS) is 13.9. The van der Waals surface area contributed by atoms with Crippen LogP contribution in [-0.4, -0.2) is 31.6 Å². The number of rotatable bonds is 7. The minimum Gasteiger partial charge on any atom is -0.460 e. The number of aliphatic hydroxyl groups is 1. The first kappa shape index (κ1) is 19.4. The number of ether oxygens (including phenoxy) is 1. The zero-order chi connectivity index (χ0) is 18.4. The first-order valence-corrected chi connectivity index (χ1v) is 9.32. The molecule has 2 atom stereocenters. The van der Waals surface area contributed by atoms with Gasteiger partial charge in [0, 0.05) is 5.02 Å². The van der Waals surface area contributed by atoms with Crippen molar-refractivity contribution in [2.75, 3.05) is 0 Å². The van der Waals surface area contributed by atoms with Crippen LogP contribution in [0.2, 0.25) is 5.02 Å². The molecule has 6 nitrogen and oxygen atoms in total. The van der Waals surface area contributed by atoms with Crippen molar-refractivity contribution in [3.8, 4) is 0 Å². The quantitative estimate of drug-likeness (QED) is 0.714. The Morgan fingerprint density at radius 3 is 2.32 bits per heavy atom. The number of halogens is 1. The molecule has 0 spiro atoms. The molecule has 134 valence electrons. The fourth-order valence-electron chi connectivity index (χ4n) is 2.01. The van der Waals surface area contributed by atoms with Crippen molar-refractivity contribution in [1.82, 2.24) is 4.72 Å². The topological polar surface area (TPSA) is 92.7 Å². The summed E-state index contributed by atoms with van der Waals surface area (Å²) in [6.45, 7) is 1.28. The Balaban J connectivity index is 2.09. The summed E-state index contributed by atoms with van der Waals surface area (Å²) in [5.41, 5.74) is 0.751. The van der Waals surface area contributed by atoms with E-state index < -0.39 is 28.1 Å². The Morgan fingerprint density at radius 1 is 1.16 bits per heavy atom. The third-order valence-electron chi connectivity index (χ3n) is 3.37. The Kier molecular flexibility index (Phi) is 6.55. The van der Waals surface area contributed by atoms with Gasteiger partial charge in [-0.05, 0) is 36.8 Å². The Hall–Kier alpha value is -1.93. The largest absolute Gasteiger partial charge is 0.460 e. The minimum atomic E-state index is -4.02. The van der Waals surface area contributed by atoms with Gasteiger partial charge in [-0.2, -0.15) is 4.72 Å². The van der Waals surface area contributed by atoms with E-state index in [0.717, 1.165) is 5.56 Å². The van der Waals surface area contributed by atoms with Gasteiger partial charge < -0.3 is 9.84 Å². The van der Waals surface area contributed by atoms with Crippen LogP contribution in [0.5, 0.6) is 0 Å². The molecule has 2 rings (SSSR count). The SMILES string of the molecule is C[C@@H](O)[C@H](NS(=O)(=O)c1ccc(Cl)cc1)C(=O)OCc1ccccc1. The molecule has 2 aromatic carbocycles. The molecule has 0 unspecified atom stereocenters. The molecule has 2 N–H and O–H groups in total. The summed E-state index contributed by atoms with van der Waals surface area (Å²) < 4.78 is 32.0. The maximum Gasteiger partial charge on any atom is 0.327 e. The predicted octanol–water partition coefficient (Wildman–Crippen LogP) is 2.11. The molecule has 0 bridgehead atoms. The Morgan fingerprint density at radius 2 is 1.76 bits per heavy atom. The number of benzene rings is 2. The van der Waals surface area contributed by atoms with Crippen LogP contribution in [0.15, 0.2) is 59.5 Å². The third-order valence-corrected chi connectivity index (χ3v) is 5.08. The summed E-state index contributed by atoms with van der Waals surface area (Å²) >= 11 is 5.74. The van der Waals surface area contributed by atoms with Gasteiger partial charge in [-0.1, -0.05) is 41.9 Å². The molecular weight excluding hydrogens is 366 g/mol. The molecule has 0 saturated heterocycles. The lowest BCUT2D eigenvalue weighted by atomic mass is 10.2. The lowest BCUT2D eigenvalue weighted by Crippen LogP contribution is -2.48. The molecule has 0 radical (unpaired) electrons. The van der Waals surface area contributed by atoms with Crippen molar-refractivity contribution in [3.63, 3.8) is 0 Å². The maximum atomic E-state index is 12.4. The highest BCUT2D eigenvalue weighted by molar-refractivity contribution is 7.89. The molecule has 0 fully saturated rings. The van der Waals surface area contributed by atoms with Gasteiger partial charge in [0.1, 0.15) is 12.6 Å². The third kappa shape index (κ3) is 5.54.